The van der Waals surface area contributed by atoms with Crippen LogP contribution in [0, 0.1) is 5.82 Å². The van der Waals surface area contributed by atoms with Gasteiger partial charge in [0.2, 0.25) is 0 Å². The van der Waals surface area contributed by atoms with Crippen molar-refractivity contribution in [3.8, 4) is 0 Å². The Morgan fingerprint density at radius 1 is 1.48 bits per heavy atom. The van der Waals surface area contributed by atoms with E-state index in [1.54, 1.807) is 6.92 Å². The number of hydrogen-bond acceptors (Lipinski definition) is 4. The lowest BCUT2D eigenvalue weighted by atomic mass is 10.1. The molecule has 0 aliphatic carbocycles. The lowest BCUT2D eigenvalue weighted by molar-refractivity contribution is 0.0862. The van der Waals surface area contributed by atoms with E-state index in [-0.39, 0.29) is 17.2 Å². The number of carbonyl (C=O) groups is 1. The second-order valence-electron chi connectivity index (χ2n) is 4.64. The average molecular weight is 356 g/mol. The first-order valence-corrected chi connectivity index (χ1v) is 8.75. The molecule has 5 nitrogen and oxygen atoms in total. The Morgan fingerprint density at radius 2 is 2.14 bits per heavy atom. The van der Waals surface area contributed by atoms with Crippen LogP contribution in [-0.4, -0.2) is 33.1 Å². The van der Waals surface area contributed by atoms with Gasteiger partial charge in [-0.25, -0.2) is 12.8 Å². The molecule has 2 rings (SSSR count). The van der Waals surface area contributed by atoms with E-state index in [1.807, 2.05) is 0 Å². The largest absolute Gasteiger partial charge is 0.376 e. The molecular weight excluding hydrogens is 344 g/mol. The standard InChI is InChI=1S/C12H12Cl2FNO4S/c1-6-10(2-3-20-6)16-12(17)7-4-11(21(14,18)19)8(13)5-9(7)15/h4-6,10H,2-3H2,1H3,(H,16,17). The molecule has 21 heavy (non-hydrogen) atoms. The Kier molecular flexibility index (Phi) is 4.77. The Labute approximate surface area is 130 Å². The number of amides is 1. The van der Waals surface area contributed by atoms with Gasteiger partial charge in [-0.3, -0.25) is 4.79 Å². The first-order chi connectivity index (χ1) is 9.70. The van der Waals surface area contributed by atoms with Gasteiger partial charge in [-0.05, 0) is 25.5 Å². The third-order valence-corrected chi connectivity index (χ3v) is 5.01. The SMILES string of the molecule is CC1OCCC1NC(=O)c1cc(S(=O)(=O)Cl)c(Cl)cc1F. The average Bonchev–Trinajstić information content (AvgIpc) is 2.73. The van der Waals surface area contributed by atoms with Crippen LogP contribution in [0.1, 0.15) is 23.7 Å². The molecule has 0 aromatic heterocycles. The van der Waals surface area contributed by atoms with Gasteiger partial charge in [0.25, 0.3) is 15.0 Å². The summed E-state index contributed by atoms with van der Waals surface area (Å²) < 4.78 is 41.8. The quantitative estimate of drug-likeness (QED) is 0.844. The number of nitrogens with one attached hydrogen (secondary N) is 1. The Morgan fingerprint density at radius 3 is 2.67 bits per heavy atom. The molecule has 0 spiro atoms. The monoisotopic (exact) mass is 355 g/mol. The van der Waals surface area contributed by atoms with Crippen LogP contribution >= 0.6 is 22.3 Å². The normalized spacial score (nSPS) is 22.3. The van der Waals surface area contributed by atoms with Gasteiger partial charge in [-0.2, -0.15) is 0 Å². The molecule has 0 radical (unpaired) electrons. The van der Waals surface area contributed by atoms with Crippen LogP contribution in [0.5, 0.6) is 0 Å². The highest BCUT2D eigenvalue weighted by molar-refractivity contribution is 8.13. The molecule has 9 heteroatoms. The zero-order valence-electron chi connectivity index (χ0n) is 10.9. The molecule has 1 heterocycles. The zero-order valence-corrected chi connectivity index (χ0v) is 13.2. The Hall–Kier alpha value is -0.890. The van der Waals surface area contributed by atoms with E-state index in [9.17, 15) is 17.6 Å². The predicted octanol–water partition coefficient (Wildman–Crippen LogP) is 2.31. The summed E-state index contributed by atoms with van der Waals surface area (Å²) >= 11 is 5.63. The minimum atomic E-state index is -4.18. The Bertz CT molecular complexity index is 680. The molecule has 0 saturated carbocycles. The van der Waals surface area contributed by atoms with Crippen molar-refractivity contribution in [3.63, 3.8) is 0 Å². The molecule has 1 aromatic rings. The third-order valence-electron chi connectivity index (χ3n) is 3.22. The number of hydrogen-bond donors (Lipinski definition) is 1. The highest BCUT2D eigenvalue weighted by Crippen LogP contribution is 2.28. The molecule has 1 amide bonds. The zero-order chi connectivity index (χ0) is 15.8. The van der Waals surface area contributed by atoms with Crippen LogP contribution in [0.15, 0.2) is 17.0 Å². The van der Waals surface area contributed by atoms with Gasteiger partial charge in [0.1, 0.15) is 10.7 Å². The minimum absolute atomic E-state index is 0.194. The molecule has 1 aliphatic heterocycles. The highest BCUT2D eigenvalue weighted by Gasteiger charge is 2.28. The summed E-state index contributed by atoms with van der Waals surface area (Å²) in [5, 5.41) is 2.22. The molecule has 116 valence electrons. The lowest BCUT2D eigenvalue weighted by Crippen LogP contribution is -2.39. The number of rotatable bonds is 3. The van der Waals surface area contributed by atoms with Crippen molar-refractivity contribution in [2.24, 2.45) is 0 Å². The van der Waals surface area contributed by atoms with E-state index in [0.29, 0.717) is 13.0 Å². The summed E-state index contributed by atoms with van der Waals surface area (Å²) in [6, 6.07) is 1.32. The van der Waals surface area contributed by atoms with Crippen molar-refractivity contribution in [2.75, 3.05) is 6.61 Å². The van der Waals surface area contributed by atoms with E-state index in [2.05, 4.69) is 5.32 Å². The minimum Gasteiger partial charge on any atom is -0.376 e. The molecule has 1 aromatic carbocycles. The van der Waals surface area contributed by atoms with Crippen molar-refractivity contribution >= 4 is 37.2 Å². The van der Waals surface area contributed by atoms with E-state index in [0.717, 1.165) is 12.1 Å². The van der Waals surface area contributed by atoms with Crippen molar-refractivity contribution in [3.05, 3.63) is 28.5 Å². The molecule has 1 fully saturated rings. The fourth-order valence-electron chi connectivity index (χ4n) is 2.06. The van der Waals surface area contributed by atoms with Crippen molar-refractivity contribution in [1.82, 2.24) is 5.32 Å². The van der Waals surface area contributed by atoms with Gasteiger partial charge in [-0.15, -0.1) is 0 Å². The Balaban J connectivity index is 2.33. The molecular formula is C12H12Cl2FNO4S. The van der Waals surface area contributed by atoms with E-state index < -0.39 is 31.2 Å². The molecule has 1 saturated heterocycles. The number of halogens is 3. The number of ether oxygens (including phenoxy) is 1. The summed E-state index contributed by atoms with van der Waals surface area (Å²) in [6.45, 7) is 2.28. The second kappa shape index (κ2) is 6.08. The van der Waals surface area contributed by atoms with Crippen LogP contribution in [0.3, 0.4) is 0 Å². The van der Waals surface area contributed by atoms with Crippen LogP contribution in [-0.2, 0) is 13.8 Å². The smallest absolute Gasteiger partial charge is 0.262 e. The van der Waals surface area contributed by atoms with Crippen molar-refractivity contribution in [1.29, 1.82) is 0 Å². The summed E-state index contributed by atoms with van der Waals surface area (Å²) in [6.07, 6.45) is 0.406. The third kappa shape index (κ3) is 3.66. The van der Waals surface area contributed by atoms with Crippen molar-refractivity contribution < 1.29 is 22.3 Å². The van der Waals surface area contributed by atoms with Gasteiger partial charge < -0.3 is 10.1 Å². The maximum Gasteiger partial charge on any atom is 0.262 e. The molecule has 2 unspecified atom stereocenters. The summed E-state index contributed by atoms with van der Waals surface area (Å²) in [5.41, 5.74) is -0.433. The molecule has 1 aliphatic rings. The van der Waals surface area contributed by atoms with Crippen LogP contribution < -0.4 is 5.32 Å². The van der Waals surface area contributed by atoms with Crippen LogP contribution in [0.4, 0.5) is 4.39 Å². The molecule has 1 N–H and O–H groups in total. The van der Waals surface area contributed by atoms with E-state index in [4.69, 9.17) is 27.0 Å². The predicted molar refractivity (Wildman–Crippen MR) is 75.7 cm³/mol. The van der Waals surface area contributed by atoms with Gasteiger partial charge in [0.15, 0.2) is 0 Å². The summed E-state index contributed by atoms with van der Waals surface area (Å²) in [7, 11) is 1.02. The first-order valence-electron chi connectivity index (χ1n) is 6.06. The molecule has 2 atom stereocenters. The number of benzene rings is 1. The highest BCUT2D eigenvalue weighted by atomic mass is 35.7. The topological polar surface area (TPSA) is 72.5 Å². The van der Waals surface area contributed by atoms with E-state index >= 15 is 0 Å². The molecule has 0 bridgehead atoms. The fourth-order valence-corrected chi connectivity index (χ4v) is 3.56. The van der Waals surface area contributed by atoms with Gasteiger partial charge in [-0.1, -0.05) is 11.6 Å². The lowest BCUT2D eigenvalue weighted by Gasteiger charge is -2.16. The van der Waals surface area contributed by atoms with Gasteiger partial charge in [0, 0.05) is 17.3 Å². The van der Waals surface area contributed by atoms with Crippen molar-refractivity contribution in [2.45, 2.75) is 30.4 Å². The summed E-state index contributed by atoms with van der Waals surface area (Å²) in [4.78, 5) is 11.6. The second-order valence-corrected chi connectivity index (χ2v) is 7.59. The van der Waals surface area contributed by atoms with E-state index in [1.165, 1.54) is 0 Å². The number of carbonyl (C=O) groups excluding carboxylic acids is 1. The van der Waals surface area contributed by atoms with Gasteiger partial charge in [0.05, 0.1) is 22.7 Å². The first kappa shape index (κ1) is 16.5. The summed E-state index contributed by atoms with van der Waals surface area (Å²) in [5.74, 6) is -1.67. The fraction of sp³-hybridized carbons (Fsp3) is 0.417. The maximum atomic E-state index is 13.8. The van der Waals surface area contributed by atoms with Gasteiger partial charge >= 0.3 is 0 Å². The maximum absolute atomic E-state index is 13.8. The van der Waals surface area contributed by atoms with Crippen LogP contribution in [0.25, 0.3) is 0 Å². The van der Waals surface area contributed by atoms with Crippen LogP contribution in [0.2, 0.25) is 5.02 Å².